The van der Waals surface area contributed by atoms with Crippen LogP contribution >= 0.6 is 11.3 Å². The van der Waals surface area contributed by atoms with Crippen LogP contribution in [0.5, 0.6) is 0 Å². The molecule has 6 heterocycles. The molecule has 37 heavy (non-hydrogen) atoms. The van der Waals surface area contributed by atoms with Gasteiger partial charge in [-0.1, -0.05) is 0 Å². The average molecular weight is 514 g/mol. The maximum atomic E-state index is 16.1. The Morgan fingerprint density at radius 3 is 2.73 bits per heavy atom. The highest BCUT2D eigenvalue weighted by molar-refractivity contribution is 7.14. The molecule has 0 amide bonds. The predicted octanol–water partition coefficient (Wildman–Crippen LogP) is 6.17. The fourth-order valence-electron chi connectivity index (χ4n) is 5.07. The van der Waals surface area contributed by atoms with Crippen LogP contribution in [0.2, 0.25) is 0 Å². The van der Waals surface area contributed by atoms with Gasteiger partial charge in [0.1, 0.15) is 11.5 Å². The third-order valence-electron chi connectivity index (χ3n) is 6.83. The molecule has 0 spiro atoms. The zero-order valence-corrected chi connectivity index (χ0v) is 20.4. The van der Waals surface area contributed by atoms with Gasteiger partial charge in [-0.2, -0.15) is 9.49 Å². The number of halogens is 2. The molecule has 1 aromatic carbocycles. The van der Waals surface area contributed by atoms with Gasteiger partial charge in [-0.15, -0.1) is 11.3 Å². The van der Waals surface area contributed by atoms with Crippen LogP contribution in [0.1, 0.15) is 18.4 Å². The predicted molar refractivity (Wildman–Crippen MR) is 140 cm³/mol. The van der Waals surface area contributed by atoms with Gasteiger partial charge in [-0.3, -0.25) is 15.0 Å². The molecular weight excluding hydrogens is 492 g/mol. The standard InChI is InChI=1S/C27H21F2N7S/c28-21-6-5-20(37-21)18-7-8-31-26-24(18)32-27(33-26)25-22-19(34-35-25)4-3-17(23(22)29)16-11-15(12-30-13-16)14-36-9-1-2-10-36/h3-8,11-13H,1-2,9-10,14H2,(H,34,35)(H,31,32,33). The number of rotatable bonds is 5. The SMILES string of the molecule is Fc1ccc(-c2ccnc3nc(-c4n[nH]c5ccc(-c6cncc(CN7CCCC7)c6)c(F)c45)[nH]c23)s1. The highest BCUT2D eigenvalue weighted by atomic mass is 32.1. The highest BCUT2D eigenvalue weighted by Crippen LogP contribution is 2.36. The van der Waals surface area contributed by atoms with Gasteiger partial charge in [-0.25, -0.2) is 14.4 Å². The minimum absolute atomic E-state index is 0.272. The van der Waals surface area contributed by atoms with Crippen molar-refractivity contribution < 1.29 is 8.78 Å². The largest absolute Gasteiger partial charge is 0.335 e. The lowest BCUT2D eigenvalue weighted by Crippen LogP contribution is -2.18. The lowest BCUT2D eigenvalue weighted by molar-refractivity contribution is 0.331. The first-order valence-corrected chi connectivity index (χ1v) is 12.9. The number of likely N-dealkylation sites (tertiary alicyclic amines) is 1. The minimum atomic E-state index is -0.393. The van der Waals surface area contributed by atoms with E-state index in [1.54, 1.807) is 30.6 Å². The number of imidazole rings is 1. The van der Waals surface area contributed by atoms with E-state index in [4.69, 9.17) is 0 Å². The Labute approximate surface area is 214 Å². The highest BCUT2D eigenvalue weighted by Gasteiger charge is 2.21. The fourth-order valence-corrected chi connectivity index (χ4v) is 5.84. The number of fused-ring (bicyclic) bond motifs is 2. The first-order valence-electron chi connectivity index (χ1n) is 12.1. The van der Waals surface area contributed by atoms with E-state index in [1.165, 1.54) is 18.9 Å². The summed E-state index contributed by atoms with van der Waals surface area (Å²) in [6.45, 7) is 2.97. The summed E-state index contributed by atoms with van der Waals surface area (Å²) in [5, 5.41) is 7.37. The van der Waals surface area contributed by atoms with Crippen LogP contribution in [0.15, 0.2) is 55.0 Å². The van der Waals surface area contributed by atoms with Gasteiger partial charge in [0.2, 0.25) is 0 Å². The monoisotopic (exact) mass is 513 g/mol. The summed E-state index contributed by atoms with van der Waals surface area (Å²) in [5.74, 6) is -0.00877. The van der Waals surface area contributed by atoms with E-state index in [9.17, 15) is 4.39 Å². The summed E-state index contributed by atoms with van der Waals surface area (Å²) in [7, 11) is 0. The van der Waals surface area contributed by atoms with E-state index >= 15 is 4.39 Å². The second kappa shape index (κ2) is 8.82. The number of pyridine rings is 2. The van der Waals surface area contributed by atoms with Crippen molar-refractivity contribution >= 4 is 33.4 Å². The van der Waals surface area contributed by atoms with Crippen molar-refractivity contribution in [3.8, 4) is 33.1 Å². The van der Waals surface area contributed by atoms with Crippen molar-refractivity contribution in [1.29, 1.82) is 0 Å². The average Bonchev–Trinajstić information content (AvgIpc) is 3.70. The molecule has 0 bridgehead atoms. The van der Waals surface area contributed by atoms with E-state index in [0.717, 1.165) is 52.5 Å². The molecule has 5 aromatic heterocycles. The zero-order valence-electron chi connectivity index (χ0n) is 19.6. The molecule has 0 radical (unpaired) electrons. The summed E-state index contributed by atoms with van der Waals surface area (Å²) in [6.07, 6.45) is 7.59. The van der Waals surface area contributed by atoms with Crippen molar-refractivity contribution in [2.24, 2.45) is 0 Å². The van der Waals surface area contributed by atoms with E-state index in [0.29, 0.717) is 39.1 Å². The summed E-state index contributed by atoms with van der Waals surface area (Å²) < 4.78 is 29.8. The van der Waals surface area contributed by atoms with Crippen LogP contribution in [0.4, 0.5) is 8.78 Å². The molecule has 1 saturated heterocycles. The lowest BCUT2D eigenvalue weighted by atomic mass is 10.0. The molecule has 1 fully saturated rings. The summed E-state index contributed by atoms with van der Waals surface area (Å²) >= 11 is 1.04. The molecule has 2 N–H and O–H groups in total. The third-order valence-corrected chi connectivity index (χ3v) is 7.74. The first-order chi connectivity index (χ1) is 18.1. The van der Waals surface area contributed by atoms with Gasteiger partial charge in [0, 0.05) is 46.7 Å². The van der Waals surface area contributed by atoms with Crippen molar-refractivity contribution in [1.82, 2.24) is 35.0 Å². The molecule has 10 heteroatoms. The van der Waals surface area contributed by atoms with Crippen LogP contribution < -0.4 is 0 Å². The van der Waals surface area contributed by atoms with Gasteiger partial charge in [0.25, 0.3) is 0 Å². The molecule has 0 atom stereocenters. The number of hydrogen-bond acceptors (Lipinski definition) is 6. The summed E-state index contributed by atoms with van der Waals surface area (Å²) in [5.41, 5.74) is 5.03. The number of benzene rings is 1. The van der Waals surface area contributed by atoms with E-state index in [1.807, 2.05) is 18.3 Å². The molecule has 6 aromatic rings. The van der Waals surface area contributed by atoms with Crippen molar-refractivity contribution in [3.63, 3.8) is 0 Å². The van der Waals surface area contributed by atoms with Gasteiger partial charge in [0.15, 0.2) is 16.6 Å². The van der Waals surface area contributed by atoms with Crippen molar-refractivity contribution in [2.75, 3.05) is 13.1 Å². The Balaban J connectivity index is 1.31. The maximum absolute atomic E-state index is 16.1. The molecule has 184 valence electrons. The van der Waals surface area contributed by atoms with Crippen molar-refractivity contribution in [3.05, 3.63) is 71.5 Å². The van der Waals surface area contributed by atoms with Crippen LogP contribution in [0.25, 0.3) is 55.2 Å². The van der Waals surface area contributed by atoms with Gasteiger partial charge >= 0.3 is 0 Å². The first kappa shape index (κ1) is 22.2. The molecule has 0 aliphatic carbocycles. The molecule has 0 unspecified atom stereocenters. The smallest absolute Gasteiger partial charge is 0.178 e. The number of thiophene rings is 1. The molecule has 1 aliphatic heterocycles. The quantitative estimate of drug-likeness (QED) is 0.288. The molecule has 7 nitrogen and oxygen atoms in total. The van der Waals surface area contributed by atoms with Gasteiger partial charge in [0.05, 0.1) is 16.4 Å². The number of nitrogens with zero attached hydrogens (tertiary/aromatic N) is 5. The second-order valence-corrected chi connectivity index (χ2v) is 10.3. The molecule has 0 saturated carbocycles. The number of aromatic nitrogens is 6. The number of hydrogen-bond donors (Lipinski definition) is 2. The van der Waals surface area contributed by atoms with Crippen LogP contribution in [-0.2, 0) is 6.54 Å². The zero-order chi connectivity index (χ0) is 24.9. The Kier molecular flexibility index (Phi) is 5.29. The van der Waals surface area contributed by atoms with Crippen molar-refractivity contribution in [2.45, 2.75) is 19.4 Å². The lowest BCUT2D eigenvalue weighted by Gasteiger charge is -2.15. The molecule has 7 rings (SSSR count). The maximum Gasteiger partial charge on any atom is 0.178 e. The van der Waals surface area contributed by atoms with Gasteiger partial charge in [-0.05, 0) is 67.9 Å². The number of aromatic amines is 2. The summed E-state index contributed by atoms with van der Waals surface area (Å²) in [6, 6.07) is 10.5. The topological polar surface area (TPSA) is 86.4 Å². The minimum Gasteiger partial charge on any atom is -0.335 e. The number of nitrogens with one attached hydrogen (secondary N) is 2. The van der Waals surface area contributed by atoms with E-state index in [-0.39, 0.29) is 5.13 Å². The van der Waals surface area contributed by atoms with Gasteiger partial charge < -0.3 is 4.98 Å². The molecule has 1 aliphatic rings. The fraction of sp³-hybridized carbons (Fsp3) is 0.185. The Hall–Kier alpha value is -4.02. The van der Waals surface area contributed by atoms with Crippen LogP contribution in [0, 0.1) is 10.9 Å². The Morgan fingerprint density at radius 2 is 1.89 bits per heavy atom. The van der Waals surface area contributed by atoms with E-state index < -0.39 is 5.82 Å². The van der Waals surface area contributed by atoms with E-state index in [2.05, 4.69) is 35.0 Å². The number of H-pyrrole nitrogens is 2. The third kappa shape index (κ3) is 3.89. The Bertz CT molecular complexity index is 1760. The Morgan fingerprint density at radius 1 is 1.00 bits per heavy atom. The van der Waals surface area contributed by atoms with Crippen LogP contribution in [-0.4, -0.2) is 48.1 Å². The van der Waals surface area contributed by atoms with Crippen LogP contribution in [0.3, 0.4) is 0 Å². The second-order valence-electron chi connectivity index (χ2n) is 9.23. The summed E-state index contributed by atoms with van der Waals surface area (Å²) in [4.78, 5) is 19.7. The normalized spacial score (nSPS) is 14.3. The molecular formula is C27H21F2N7S.